The Morgan fingerprint density at radius 2 is 0.652 bits per heavy atom. The summed E-state index contributed by atoms with van der Waals surface area (Å²) in [5.74, 6) is 1.97. The third-order valence-corrected chi connectivity index (χ3v) is 8.36. The van der Waals surface area contributed by atoms with Crippen LogP contribution in [0.4, 0.5) is 0 Å². The van der Waals surface area contributed by atoms with Crippen LogP contribution in [-0.4, -0.2) is 15.0 Å². The number of rotatable bonds is 6. The van der Waals surface area contributed by atoms with E-state index >= 15 is 0 Å². The third kappa shape index (κ3) is 5.47. The van der Waals surface area contributed by atoms with Gasteiger partial charge in [0, 0.05) is 16.7 Å². The molecule has 0 atom stereocenters. The van der Waals surface area contributed by atoms with Gasteiger partial charge in [0.05, 0.1) is 0 Å². The number of benzene rings is 7. The fourth-order valence-electron chi connectivity index (χ4n) is 5.94. The molecule has 8 aromatic rings. The molecule has 0 radical (unpaired) electrons. The maximum Gasteiger partial charge on any atom is 0.164 e. The minimum absolute atomic E-state index is 0.649. The molecular weight excluding hydrogens is 558 g/mol. The van der Waals surface area contributed by atoms with E-state index in [0.717, 1.165) is 38.6 Å². The Hall–Kier alpha value is -6.19. The summed E-state index contributed by atoms with van der Waals surface area (Å²) < 4.78 is 0. The molecule has 0 fully saturated rings. The van der Waals surface area contributed by atoms with Crippen LogP contribution in [0.15, 0.2) is 176 Å². The second-order valence-electron chi connectivity index (χ2n) is 11.3. The fraction of sp³-hybridized carbons (Fsp3) is 0. The van der Waals surface area contributed by atoms with Crippen molar-refractivity contribution in [3.8, 4) is 67.5 Å². The van der Waals surface area contributed by atoms with Crippen molar-refractivity contribution in [1.29, 1.82) is 0 Å². The number of aromatic nitrogens is 3. The van der Waals surface area contributed by atoms with Gasteiger partial charge in [0.25, 0.3) is 0 Å². The van der Waals surface area contributed by atoms with Crippen LogP contribution in [0.3, 0.4) is 0 Å². The Bertz CT molecular complexity index is 2270. The highest BCUT2D eigenvalue weighted by molar-refractivity contribution is 5.95. The predicted octanol–water partition coefficient (Wildman–Crippen LogP) is 11.0. The largest absolute Gasteiger partial charge is 0.208 e. The highest BCUT2D eigenvalue weighted by Crippen LogP contribution is 2.32. The van der Waals surface area contributed by atoms with Crippen LogP contribution < -0.4 is 0 Å². The first-order valence-electron chi connectivity index (χ1n) is 15.4. The minimum atomic E-state index is 0.649. The van der Waals surface area contributed by atoms with Crippen LogP contribution in [0.2, 0.25) is 0 Å². The molecule has 216 valence electrons. The van der Waals surface area contributed by atoms with Crippen molar-refractivity contribution < 1.29 is 0 Å². The second-order valence-corrected chi connectivity index (χ2v) is 11.3. The van der Waals surface area contributed by atoms with E-state index in [1.54, 1.807) is 0 Å². The van der Waals surface area contributed by atoms with Gasteiger partial charge in [-0.05, 0) is 50.2 Å². The zero-order valence-corrected chi connectivity index (χ0v) is 25.1. The summed E-state index contributed by atoms with van der Waals surface area (Å²) in [5, 5.41) is 2.27. The van der Waals surface area contributed by atoms with Crippen molar-refractivity contribution in [2.45, 2.75) is 0 Å². The molecule has 46 heavy (non-hydrogen) atoms. The fourth-order valence-corrected chi connectivity index (χ4v) is 5.94. The van der Waals surface area contributed by atoms with Crippen molar-refractivity contribution in [1.82, 2.24) is 15.0 Å². The highest BCUT2D eigenvalue weighted by Gasteiger charge is 2.14. The molecule has 8 rings (SSSR count). The van der Waals surface area contributed by atoms with Crippen molar-refractivity contribution in [3.63, 3.8) is 0 Å². The average molecular weight is 588 g/mol. The summed E-state index contributed by atoms with van der Waals surface area (Å²) in [6.07, 6.45) is 0. The van der Waals surface area contributed by atoms with Crippen LogP contribution in [0, 0.1) is 0 Å². The van der Waals surface area contributed by atoms with Crippen molar-refractivity contribution in [2.75, 3.05) is 0 Å². The van der Waals surface area contributed by atoms with E-state index in [0.29, 0.717) is 17.5 Å². The molecule has 0 aliphatic heterocycles. The zero-order chi connectivity index (χ0) is 30.7. The average Bonchev–Trinajstić information content (AvgIpc) is 3.15. The van der Waals surface area contributed by atoms with Crippen molar-refractivity contribution in [3.05, 3.63) is 176 Å². The van der Waals surface area contributed by atoms with Crippen LogP contribution in [0.25, 0.3) is 78.3 Å². The first-order chi connectivity index (χ1) is 22.8. The lowest BCUT2D eigenvalue weighted by Crippen LogP contribution is -2.00. The Morgan fingerprint density at radius 3 is 1.28 bits per heavy atom. The predicted molar refractivity (Wildman–Crippen MR) is 190 cm³/mol. The maximum atomic E-state index is 5.01. The Kier molecular flexibility index (Phi) is 7.18. The molecule has 7 aromatic carbocycles. The summed E-state index contributed by atoms with van der Waals surface area (Å²) >= 11 is 0. The summed E-state index contributed by atoms with van der Waals surface area (Å²) in [7, 11) is 0. The molecule has 0 aliphatic carbocycles. The second kappa shape index (κ2) is 12.1. The van der Waals surface area contributed by atoms with Gasteiger partial charge in [-0.25, -0.2) is 15.0 Å². The summed E-state index contributed by atoms with van der Waals surface area (Å²) in [4.78, 5) is 14.9. The minimum Gasteiger partial charge on any atom is -0.208 e. The van der Waals surface area contributed by atoms with Crippen LogP contribution in [0.5, 0.6) is 0 Å². The molecule has 0 aliphatic rings. The third-order valence-electron chi connectivity index (χ3n) is 8.36. The molecule has 3 heteroatoms. The maximum absolute atomic E-state index is 5.01. The van der Waals surface area contributed by atoms with Gasteiger partial charge in [-0.3, -0.25) is 0 Å². The SMILES string of the molecule is c1ccc(-c2ccc(-c3cccc(-c4ccc(-c5nc(-c6ccccc6)nc(-c6cccc7ccccc67)n5)cc4)c3)cc2)cc1. The van der Waals surface area contributed by atoms with Gasteiger partial charge in [-0.15, -0.1) is 0 Å². The van der Waals surface area contributed by atoms with Gasteiger partial charge in [0.15, 0.2) is 17.5 Å². The smallest absolute Gasteiger partial charge is 0.164 e. The highest BCUT2D eigenvalue weighted by atomic mass is 15.0. The monoisotopic (exact) mass is 587 g/mol. The van der Waals surface area contributed by atoms with Gasteiger partial charge < -0.3 is 0 Å². The van der Waals surface area contributed by atoms with E-state index in [-0.39, 0.29) is 0 Å². The first-order valence-corrected chi connectivity index (χ1v) is 15.4. The quantitative estimate of drug-likeness (QED) is 0.194. The van der Waals surface area contributed by atoms with Crippen molar-refractivity contribution >= 4 is 10.8 Å². The molecular formula is C43H29N3. The molecule has 1 aromatic heterocycles. The molecule has 0 bridgehead atoms. The molecule has 3 nitrogen and oxygen atoms in total. The number of hydrogen-bond donors (Lipinski definition) is 0. The molecule has 0 unspecified atom stereocenters. The van der Waals surface area contributed by atoms with Crippen LogP contribution >= 0.6 is 0 Å². The first kappa shape index (κ1) is 27.4. The lowest BCUT2D eigenvalue weighted by atomic mass is 9.97. The van der Waals surface area contributed by atoms with E-state index in [1.807, 2.05) is 36.4 Å². The van der Waals surface area contributed by atoms with E-state index in [1.165, 1.54) is 22.3 Å². The number of nitrogens with zero attached hydrogens (tertiary/aromatic N) is 3. The van der Waals surface area contributed by atoms with Crippen LogP contribution in [0.1, 0.15) is 0 Å². The lowest BCUT2D eigenvalue weighted by Gasteiger charge is -2.11. The molecule has 0 saturated carbocycles. The Labute approximate surface area is 268 Å². The van der Waals surface area contributed by atoms with Gasteiger partial charge in [0.2, 0.25) is 0 Å². The molecule has 1 heterocycles. The molecule has 0 saturated heterocycles. The van der Waals surface area contributed by atoms with Crippen molar-refractivity contribution in [2.24, 2.45) is 0 Å². The normalized spacial score (nSPS) is 11.0. The summed E-state index contributed by atoms with van der Waals surface area (Å²) in [5.41, 5.74) is 10.0. The number of fused-ring (bicyclic) bond motifs is 1. The molecule has 0 N–H and O–H groups in total. The van der Waals surface area contributed by atoms with Gasteiger partial charge in [-0.2, -0.15) is 0 Å². The summed E-state index contributed by atoms with van der Waals surface area (Å²) in [6.45, 7) is 0. The Morgan fingerprint density at radius 1 is 0.261 bits per heavy atom. The Balaban J connectivity index is 1.14. The van der Waals surface area contributed by atoms with E-state index in [4.69, 9.17) is 15.0 Å². The van der Waals surface area contributed by atoms with Gasteiger partial charge in [0.1, 0.15) is 0 Å². The topological polar surface area (TPSA) is 38.7 Å². The molecule has 0 spiro atoms. The number of hydrogen-bond acceptors (Lipinski definition) is 3. The van der Waals surface area contributed by atoms with Gasteiger partial charge in [-0.1, -0.05) is 170 Å². The lowest BCUT2D eigenvalue weighted by molar-refractivity contribution is 1.08. The van der Waals surface area contributed by atoms with E-state index in [9.17, 15) is 0 Å². The molecule has 0 amide bonds. The standard InChI is InChI=1S/C43H29N3/c1-3-11-30(12-4-1)31-21-23-32(24-22-31)37-17-9-18-38(29-37)33-25-27-36(28-26-33)42-44-41(35-14-5-2-6-15-35)45-43(46-42)40-20-10-16-34-13-7-8-19-39(34)40/h1-29H. The summed E-state index contributed by atoms with van der Waals surface area (Å²) in [6, 6.07) is 61.2. The zero-order valence-electron chi connectivity index (χ0n) is 25.1. The van der Waals surface area contributed by atoms with Gasteiger partial charge >= 0.3 is 0 Å². The van der Waals surface area contributed by atoms with E-state index in [2.05, 4.69) is 140 Å². The van der Waals surface area contributed by atoms with E-state index < -0.39 is 0 Å². The van der Waals surface area contributed by atoms with Crippen LogP contribution in [-0.2, 0) is 0 Å².